The van der Waals surface area contributed by atoms with E-state index in [1.54, 1.807) is 32.0 Å². The highest BCUT2D eigenvalue weighted by Gasteiger charge is 2.16. The first-order chi connectivity index (χ1) is 9.72. The molecule has 5 nitrogen and oxygen atoms in total. The van der Waals surface area contributed by atoms with Crippen LogP contribution in [-0.2, 0) is 14.6 Å². The molecule has 7 heteroatoms. The summed E-state index contributed by atoms with van der Waals surface area (Å²) in [4.78, 5) is 10.4. The summed E-state index contributed by atoms with van der Waals surface area (Å²) >= 11 is 3.31. The molecule has 0 aliphatic heterocycles. The van der Waals surface area contributed by atoms with Crippen molar-refractivity contribution in [2.24, 2.45) is 0 Å². The number of carbonyl (C=O) groups is 1. The largest absolute Gasteiger partial charge is 0.491 e. The number of aliphatic carboxylic acids is 1. The van der Waals surface area contributed by atoms with Crippen LogP contribution in [0.1, 0.15) is 19.4 Å². The summed E-state index contributed by atoms with van der Waals surface area (Å²) in [5.74, 6) is -0.551. The van der Waals surface area contributed by atoms with Crippen molar-refractivity contribution < 1.29 is 23.1 Å². The minimum atomic E-state index is -3.12. The van der Waals surface area contributed by atoms with E-state index in [-0.39, 0.29) is 12.4 Å². The zero-order chi connectivity index (χ0) is 16.0. The summed E-state index contributed by atoms with van der Waals surface area (Å²) < 4.78 is 29.4. The summed E-state index contributed by atoms with van der Waals surface area (Å²) in [5.41, 5.74) is 0.700. The molecule has 0 saturated carbocycles. The number of hydrogen-bond donors (Lipinski definition) is 1. The molecule has 0 aliphatic carbocycles. The molecule has 21 heavy (non-hydrogen) atoms. The Morgan fingerprint density at radius 3 is 2.62 bits per heavy atom. The molecule has 1 aromatic carbocycles. The van der Waals surface area contributed by atoms with Gasteiger partial charge in [-0.15, -0.1) is 0 Å². The maximum atomic E-state index is 11.7. The van der Waals surface area contributed by atoms with E-state index in [1.165, 1.54) is 6.08 Å². The normalized spacial score (nSPS) is 12.0. The molecule has 0 aliphatic rings. The van der Waals surface area contributed by atoms with Crippen molar-refractivity contribution in [2.75, 3.05) is 12.4 Å². The first-order valence-corrected chi connectivity index (χ1v) is 8.78. The molecular formula is C14H17BrO5S. The van der Waals surface area contributed by atoms with Crippen molar-refractivity contribution in [3.8, 4) is 5.75 Å². The molecule has 1 rings (SSSR count). The number of rotatable bonds is 7. The highest BCUT2D eigenvalue weighted by atomic mass is 79.9. The minimum absolute atomic E-state index is 0.0439. The average molecular weight is 377 g/mol. The van der Waals surface area contributed by atoms with Crippen LogP contribution < -0.4 is 4.74 Å². The summed E-state index contributed by atoms with van der Waals surface area (Å²) in [7, 11) is -3.12. The highest BCUT2D eigenvalue weighted by Crippen LogP contribution is 2.26. The van der Waals surface area contributed by atoms with Crippen LogP contribution >= 0.6 is 15.9 Å². The topological polar surface area (TPSA) is 80.7 Å². The lowest BCUT2D eigenvalue weighted by Gasteiger charge is -2.11. The Hall–Kier alpha value is -1.34. The monoisotopic (exact) mass is 376 g/mol. The van der Waals surface area contributed by atoms with Crippen LogP contribution in [0.2, 0.25) is 0 Å². The maximum absolute atomic E-state index is 11.7. The van der Waals surface area contributed by atoms with Gasteiger partial charge >= 0.3 is 5.97 Å². The first-order valence-electron chi connectivity index (χ1n) is 6.27. The van der Waals surface area contributed by atoms with E-state index < -0.39 is 21.1 Å². The molecule has 116 valence electrons. The lowest BCUT2D eigenvalue weighted by molar-refractivity contribution is -0.131. The van der Waals surface area contributed by atoms with Gasteiger partial charge in [-0.2, -0.15) is 0 Å². The van der Waals surface area contributed by atoms with Gasteiger partial charge in [-0.1, -0.05) is 6.07 Å². The summed E-state index contributed by atoms with van der Waals surface area (Å²) in [6.45, 7) is 3.34. The van der Waals surface area contributed by atoms with Crippen LogP contribution in [0.4, 0.5) is 0 Å². The van der Waals surface area contributed by atoms with Gasteiger partial charge < -0.3 is 9.84 Å². The van der Waals surface area contributed by atoms with Crippen molar-refractivity contribution in [3.05, 3.63) is 34.3 Å². The predicted molar refractivity (Wildman–Crippen MR) is 85.2 cm³/mol. The van der Waals surface area contributed by atoms with Crippen LogP contribution in [0.3, 0.4) is 0 Å². The van der Waals surface area contributed by atoms with Gasteiger partial charge in [0.05, 0.1) is 15.5 Å². The van der Waals surface area contributed by atoms with Gasteiger partial charge in [0.2, 0.25) is 0 Å². The van der Waals surface area contributed by atoms with E-state index in [2.05, 4.69) is 15.9 Å². The summed E-state index contributed by atoms with van der Waals surface area (Å²) in [5, 5.41) is 8.13. The van der Waals surface area contributed by atoms with Gasteiger partial charge in [0.15, 0.2) is 9.84 Å². The maximum Gasteiger partial charge on any atom is 0.328 e. The van der Waals surface area contributed by atoms with E-state index in [1.807, 2.05) is 0 Å². The molecule has 0 radical (unpaired) electrons. The van der Waals surface area contributed by atoms with Gasteiger partial charge in [-0.05, 0) is 53.5 Å². The molecule has 0 atom stereocenters. The second-order valence-electron chi connectivity index (χ2n) is 4.63. The van der Waals surface area contributed by atoms with Crippen molar-refractivity contribution in [1.29, 1.82) is 0 Å². The standard InChI is InChI=1S/C14H17BrO5S/c1-10(2)21(18,19)8-7-20-13-5-3-11(9-12(13)15)4-6-14(16)17/h3-6,9-10H,7-8H2,1-2H3,(H,16,17)/b6-4+. The fourth-order valence-corrected chi connectivity index (χ4v) is 2.71. The van der Waals surface area contributed by atoms with Gasteiger partial charge in [0, 0.05) is 6.08 Å². The Labute approximate surface area is 132 Å². The SMILES string of the molecule is CC(C)S(=O)(=O)CCOc1ccc(/C=C/C(=O)O)cc1Br. The summed E-state index contributed by atoms with van der Waals surface area (Å²) in [6.07, 6.45) is 2.50. The average Bonchev–Trinajstić information content (AvgIpc) is 2.38. The van der Waals surface area contributed by atoms with E-state index in [0.29, 0.717) is 15.8 Å². The third-order valence-electron chi connectivity index (χ3n) is 2.72. The van der Waals surface area contributed by atoms with Crippen LogP contribution in [-0.4, -0.2) is 37.1 Å². The Morgan fingerprint density at radius 1 is 1.43 bits per heavy atom. The van der Waals surface area contributed by atoms with E-state index in [9.17, 15) is 13.2 Å². The van der Waals surface area contributed by atoms with E-state index in [0.717, 1.165) is 6.08 Å². The smallest absolute Gasteiger partial charge is 0.328 e. The van der Waals surface area contributed by atoms with E-state index >= 15 is 0 Å². The Bertz CT molecular complexity index is 635. The number of halogens is 1. The molecule has 0 saturated heterocycles. The Balaban J connectivity index is 2.68. The predicted octanol–water partition coefficient (Wildman–Crippen LogP) is 2.75. The van der Waals surface area contributed by atoms with Crippen molar-refractivity contribution >= 4 is 37.8 Å². The van der Waals surface area contributed by atoms with Crippen LogP contribution in [0.25, 0.3) is 6.08 Å². The number of carboxylic acids is 1. The van der Waals surface area contributed by atoms with Crippen LogP contribution in [0.5, 0.6) is 5.75 Å². The minimum Gasteiger partial charge on any atom is -0.491 e. The summed E-state index contributed by atoms with van der Waals surface area (Å²) in [6, 6.07) is 5.05. The molecule has 1 aromatic rings. The molecule has 0 fully saturated rings. The van der Waals surface area contributed by atoms with Crippen molar-refractivity contribution in [3.63, 3.8) is 0 Å². The van der Waals surface area contributed by atoms with Crippen molar-refractivity contribution in [2.45, 2.75) is 19.1 Å². The third-order valence-corrected chi connectivity index (χ3v) is 5.51. The second-order valence-corrected chi connectivity index (χ2v) is 8.16. The van der Waals surface area contributed by atoms with Crippen LogP contribution in [0.15, 0.2) is 28.7 Å². The number of carboxylic acid groups (broad SMARTS) is 1. The Kier molecular flexibility index (Phi) is 6.42. The lowest BCUT2D eigenvalue weighted by Crippen LogP contribution is -2.22. The van der Waals surface area contributed by atoms with Crippen LogP contribution in [0, 0.1) is 0 Å². The highest BCUT2D eigenvalue weighted by molar-refractivity contribution is 9.10. The fourth-order valence-electron chi connectivity index (χ4n) is 1.41. The molecule has 0 aromatic heterocycles. The molecular weight excluding hydrogens is 360 g/mol. The fraction of sp³-hybridized carbons (Fsp3) is 0.357. The number of benzene rings is 1. The molecule has 0 bridgehead atoms. The van der Waals surface area contributed by atoms with E-state index in [4.69, 9.17) is 9.84 Å². The van der Waals surface area contributed by atoms with Crippen molar-refractivity contribution in [1.82, 2.24) is 0 Å². The molecule has 0 unspecified atom stereocenters. The van der Waals surface area contributed by atoms with Gasteiger partial charge in [-0.25, -0.2) is 13.2 Å². The van der Waals surface area contributed by atoms with Gasteiger partial charge in [0.1, 0.15) is 12.4 Å². The quantitative estimate of drug-likeness (QED) is 0.739. The number of ether oxygens (including phenoxy) is 1. The molecule has 0 heterocycles. The van der Waals surface area contributed by atoms with Gasteiger partial charge in [-0.3, -0.25) is 0 Å². The van der Waals surface area contributed by atoms with Gasteiger partial charge in [0.25, 0.3) is 0 Å². The zero-order valence-electron chi connectivity index (χ0n) is 11.7. The third kappa shape index (κ3) is 5.89. The molecule has 1 N–H and O–H groups in total. The molecule has 0 spiro atoms. The zero-order valence-corrected chi connectivity index (χ0v) is 14.1. The Morgan fingerprint density at radius 2 is 2.10 bits per heavy atom. The number of sulfone groups is 1. The number of hydrogen-bond acceptors (Lipinski definition) is 4. The molecule has 0 amide bonds. The second kappa shape index (κ2) is 7.61. The first kappa shape index (κ1) is 17.7. The lowest BCUT2D eigenvalue weighted by atomic mass is 10.2.